The van der Waals surface area contributed by atoms with Crippen molar-refractivity contribution < 1.29 is 4.74 Å². The molecule has 2 rings (SSSR count). The Morgan fingerprint density at radius 3 is 2.43 bits per heavy atom. The van der Waals surface area contributed by atoms with Crippen molar-refractivity contribution in [2.24, 2.45) is 7.05 Å². The lowest BCUT2D eigenvalue weighted by molar-refractivity contribution is 0.286. The van der Waals surface area contributed by atoms with Gasteiger partial charge in [0.1, 0.15) is 18.7 Å². The molecule has 0 unspecified atom stereocenters. The van der Waals surface area contributed by atoms with Gasteiger partial charge in [-0.3, -0.25) is 4.68 Å². The molecule has 0 saturated heterocycles. The second kappa shape index (κ2) is 6.72. The monoisotopic (exact) mass is 288 g/mol. The average molecular weight is 288 g/mol. The lowest BCUT2D eigenvalue weighted by Crippen LogP contribution is -2.21. The number of rotatable bonds is 6. The van der Waals surface area contributed by atoms with Gasteiger partial charge in [-0.2, -0.15) is 5.10 Å². The van der Waals surface area contributed by atoms with E-state index in [2.05, 4.69) is 55.2 Å². The Morgan fingerprint density at radius 2 is 1.90 bits per heavy atom. The SMILES string of the molecule is Cc1cc(CNC(C)C)cc(C)c1OCc1ncnn1C. The van der Waals surface area contributed by atoms with E-state index in [1.807, 2.05) is 7.05 Å². The Labute approximate surface area is 126 Å². The Balaban J connectivity index is 2.08. The number of hydrogen-bond donors (Lipinski definition) is 1. The fourth-order valence-electron chi connectivity index (χ4n) is 2.28. The van der Waals surface area contributed by atoms with Crippen molar-refractivity contribution in [2.45, 2.75) is 46.9 Å². The summed E-state index contributed by atoms with van der Waals surface area (Å²) in [6.45, 7) is 9.77. The minimum atomic E-state index is 0.432. The highest BCUT2D eigenvalue weighted by Gasteiger charge is 2.09. The van der Waals surface area contributed by atoms with E-state index in [9.17, 15) is 0 Å². The van der Waals surface area contributed by atoms with Crippen LogP contribution in [0.15, 0.2) is 18.5 Å². The Morgan fingerprint density at radius 1 is 1.24 bits per heavy atom. The summed E-state index contributed by atoms with van der Waals surface area (Å²) >= 11 is 0. The third kappa shape index (κ3) is 4.04. The highest BCUT2D eigenvalue weighted by Crippen LogP contribution is 2.25. The molecular weight excluding hydrogens is 264 g/mol. The van der Waals surface area contributed by atoms with E-state index in [1.54, 1.807) is 11.0 Å². The van der Waals surface area contributed by atoms with Crippen LogP contribution in [0, 0.1) is 13.8 Å². The number of aryl methyl sites for hydroxylation is 3. The molecular formula is C16H24N4O. The van der Waals surface area contributed by atoms with Crippen LogP contribution in [0.1, 0.15) is 36.4 Å². The fourth-order valence-corrected chi connectivity index (χ4v) is 2.28. The van der Waals surface area contributed by atoms with E-state index in [4.69, 9.17) is 4.74 Å². The van der Waals surface area contributed by atoms with Crippen LogP contribution >= 0.6 is 0 Å². The van der Waals surface area contributed by atoms with Crippen LogP contribution in [0.5, 0.6) is 5.75 Å². The van der Waals surface area contributed by atoms with Crippen LogP contribution in [0.3, 0.4) is 0 Å². The molecule has 0 fully saturated rings. The summed E-state index contributed by atoms with van der Waals surface area (Å²) in [4.78, 5) is 4.17. The lowest BCUT2D eigenvalue weighted by Gasteiger charge is -2.15. The number of aromatic nitrogens is 3. The number of benzene rings is 1. The number of nitrogens with zero attached hydrogens (tertiary/aromatic N) is 3. The molecule has 1 aromatic heterocycles. The molecule has 21 heavy (non-hydrogen) atoms. The van der Waals surface area contributed by atoms with E-state index in [0.717, 1.165) is 29.2 Å². The van der Waals surface area contributed by atoms with Crippen LogP contribution in [0.2, 0.25) is 0 Å². The van der Waals surface area contributed by atoms with Crippen LogP contribution in [0.25, 0.3) is 0 Å². The number of nitrogens with one attached hydrogen (secondary N) is 1. The molecule has 0 aliphatic carbocycles. The van der Waals surface area contributed by atoms with E-state index in [1.165, 1.54) is 5.56 Å². The Hall–Kier alpha value is -1.88. The van der Waals surface area contributed by atoms with Crippen molar-refractivity contribution in [1.82, 2.24) is 20.1 Å². The number of ether oxygens (including phenoxy) is 1. The van der Waals surface area contributed by atoms with Crippen molar-refractivity contribution in [3.63, 3.8) is 0 Å². The van der Waals surface area contributed by atoms with Crippen LogP contribution in [-0.2, 0) is 20.2 Å². The smallest absolute Gasteiger partial charge is 0.164 e. The first-order valence-electron chi connectivity index (χ1n) is 7.26. The molecule has 1 N–H and O–H groups in total. The highest BCUT2D eigenvalue weighted by molar-refractivity contribution is 5.43. The van der Waals surface area contributed by atoms with Gasteiger partial charge in [-0.25, -0.2) is 4.98 Å². The van der Waals surface area contributed by atoms with Crippen molar-refractivity contribution in [3.05, 3.63) is 41.0 Å². The molecule has 0 amide bonds. The Bertz CT molecular complexity index is 581. The van der Waals surface area contributed by atoms with Gasteiger partial charge in [0.25, 0.3) is 0 Å². The van der Waals surface area contributed by atoms with E-state index < -0.39 is 0 Å². The third-order valence-electron chi connectivity index (χ3n) is 3.39. The van der Waals surface area contributed by atoms with Gasteiger partial charge in [0, 0.05) is 19.6 Å². The van der Waals surface area contributed by atoms with Gasteiger partial charge in [-0.15, -0.1) is 0 Å². The molecule has 0 bridgehead atoms. The van der Waals surface area contributed by atoms with Gasteiger partial charge >= 0.3 is 0 Å². The first-order valence-corrected chi connectivity index (χ1v) is 7.26. The summed E-state index contributed by atoms with van der Waals surface area (Å²) in [5, 5.41) is 7.48. The molecule has 0 saturated carbocycles. The van der Waals surface area contributed by atoms with Gasteiger partial charge in [0.2, 0.25) is 0 Å². The molecule has 5 heteroatoms. The molecule has 0 aliphatic rings. The zero-order chi connectivity index (χ0) is 15.4. The molecule has 114 valence electrons. The zero-order valence-electron chi connectivity index (χ0n) is 13.5. The number of hydrogen-bond acceptors (Lipinski definition) is 4. The molecule has 2 aromatic rings. The van der Waals surface area contributed by atoms with Crippen molar-refractivity contribution in [1.29, 1.82) is 0 Å². The van der Waals surface area contributed by atoms with E-state index in [0.29, 0.717) is 12.6 Å². The first-order chi connectivity index (χ1) is 9.97. The minimum absolute atomic E-state index is 0.432. The standard InChI is InChI=1S/C16H24N4O/c1-11(2)17-8-14-6-12(3)16(13(4)7-14)21-9-15-18-10-19-20(15)5/h6-7,10-11,17H,8-9H2,1-5H3. The summed E-state index contributed by atoms with van der Waals surface area (Å²) in [5.41, 5.74) is 3.58. The van der Waals surface area contributed by atoms with Gasteiger partial charge in [0.05, 0.1) is 0 Å². The molecule has 1 heterocycles. The summed E-state index contributed by atoms with van der Waals surface area (Å²) in [5.74, 6) is 1.76. The van der Waals surface area contributed by atoms with Gasteiger partial charge in [-0.05, 0) is 30.5 Å². The first kappa shape index (κ1) is 15.5. The molecule has 0 aliphatic heterocycles. The predicted octanol–water partition coefficient (Wildman–Crippen LogP) is 2.51. The second-order valence-corrected chi connectivity index (χ2v) is 5.68. The molecule has 0 atom stereocenters. The predicted molar refractivity (Wildman–Crippen MR) is 83.2 cm³/mol. The maximum Gasteiger partial charge on any atom is 0.164 e. The lowest BCUT2D eigenvalue weighted by atomic mass is 10.1. The highest BCUT2D eigenvalue weighted by atomic mass is 16.5. The van der Waals surface area contributed by atoms with Crippen molar-refractivity contribution >= 4 is 0 Å². The van der Waals surface area contributed by atoms with Gasteiger partial charge < -0.3 is 10.1 Å². The Kier molecular flexibility index (Phi) is 4.96. The largest absolute Gasteiger partial charge is 0.485 e. The fraction of sp³-hybridized carbons (Fsp3) is 0.500. The van der Waals surface area contributed by atoms with Gasteiger partial charge in [-0.1, -0.05) is 26.0 Å². The van der Waals surface area contributed by atoms with E-state index >= 15 is 0 Å². The van der Waals surface area contributed by atoms with E-state index in [-0.39, 0.29) is 0 Å². The topological polar surface area (TPSA) is 52.0 Å². The van der Waals surface area contributed by atoms with Gasteiger partial charge in [0.15, 0.2) is 5.82 Å². The summed E-state index contributed by atoms with van der Waals surface area (Å²) < 4.78 is 7.66. The maximum atomic E-state index is 5.93. The van der Waals surface area contributed by atoms with Crippen molar-refractivity contribution in [3.8, 4) is 5.75 Å². The third-order valence-corrected chi connectivity index (χ3v) is 3.39. The summed E-state index contributed by atoms with van der Waals surface area (Å²) in [6, 6.07) is 4.83. The zero-order valence-corrected chi connectivity index (χ0v) is 13.5. The molecule has 1 aromatic carbocycles. The molecule has 0 spiro atoms. The quantitative estimate of drug-likeness (QED) is 0.887. The maximum absolute atomic E-state index is 5.93. The van der Waals surface area contributed by atoms with Crippen LogP contribution in [-0.4, -0.2) is 20.8 Å². The normalized spacial score (nSPS) is 11.1. The molecule has 5 nitrogen and oxygen atoms in total. The minimum Gasteiger partial charge on any atom is -0.485 e. The summed E-state index contributed by atoms with van der Waals surface area (Å²) in [7, 11) is 1.87. The van der Waals surface area contributed by atoms with Crippen molar-refractivity contribution in [2.75, 3.05) is 0 Å². The second-order valence-electron chi connectivity index (χ2n) is 5.68. The molecule has 0 radical (unpaired) electrons. The van der Waals surface area contributed by atoms with Crippen LogP contribution in [0.4, 0.5) is 0 Å². The summed E-state index contributed by atoms with van der Waals surface area (Å²) in [6.07, 6.45) is 1.54. The average Bonchev–Trinajstić information content (AvgIpc) is 2.81. The van der Waals surface area contributed by atoms with Crippen LogP contribution < -0.4 is 10.1 Å².